The van der Waals surface area contributed by atoms with Gasteiger partial charge in [-0.1, -0.05) is 91.3 Å². The SMILES string of the molecule is CC(C)(C)c1ccc([C@@H](O)[C@H](Br)C(=O)N2C(=O)OC[C@H]2c2ccccc2)cc1. The molecule has 0 unspecified atom stereocenters. The number of carbonyl (C=O) groups is 2. The normalized spacial score (nSPS) is 19.2. The molecule has 0 aliphatic carbocycles. The summed E-state index contributed by atoms with van der Waals surface area (Å²) in [7, 11) is 0. The van der Waals surface area contributed by atoms with Crippen molar-refractivity contribution >= 4 is 27.9 Å². The van der Waals surface area contributed by atoms with Crippen molar-refractivity contribution < 1.29 is 19.4 Å². The van der Waals surface area contributed by atoms with Gasteiger partial charge in [0.2, 0.25) is 5.91 Å². The molecule has 1 fully saturated rings. The number of amides is 2. The lowest BCUT2D eigenvalue weighted by atomic mass is 9.86. The Bertz CT molecular complexity index is 845. The summed E-state index contributed by atoms with van der Waals surface area (Å²) in [5.74, 6) is -0.524. The minimum absolute atomic E-state index is 0.00464. The van der Waals surface area contributed by atoms with Crippen LogP contribution in [0.25, 0.3) is 0 Å². The molecule has 0 spiro atoms. The second-order valence-electron chi connectivity index (χ2n) is 7.93. The van der Waals surface area contributed by atoms with Crippen LogP contribution < -0.4 is 0 Å². The molecule has 0 aromatic heterocycles. The summed E-state index contributed by atoms with van der Waals surface area (Å²) in [4.78, 5) is 25.3. The van der Waals surface area contributed by atoms with Crippen molar-refractivity contribution in [2.75, 3.05) is 6.61 Å². The average Bonchev–Trinajstić information content (AvgIpc) is 3.07. The molecule has 0 saturated carbocycles. The fraction of sp³-hybridized carbons (Fsp3) is 0.364. The van der Waals surface area contributed by atoms with Gasteiger partial charge in [0.1, 0.15) is 23.6 Å². The van der Waals surface area contributed by atoms with Gasteiger partial charge in [0.05, 0.1) is 0 Å². The molecule has 5 nitrogen and oxygen atoms in total. The first-order valence-electron chi connectivity index (χ1n) is 9.17. The third kappa shape index (κ3) is 4.13. The first-order chi connectivity index (χ1) is 13.2. The van der Waals surface area contributed by atoms with Crippen LogP contribution in [0, 0.1) is 0 Å². The summed E-state index contributed by atoms with van der Waals surface area (Å²) < 4.78 is 5.11. The Kier molecular flexibility index (Phi) is 5.91. The average molecular weight is 446 g/mol. The van der Waals surface area contributed by atoms with Crippen molar-refractivity contribution in [2.24, 2.45) is 0 Å². The van der Waals surface area contributed by atoms with Crippen LogP contribution in [0.2, 0.25) is 0 Å². The maximum atomic E-state index is 13.0. The number of aliphatic hydroxyl groups is 1. The highest BCUT2D eigenvalue weighted by atomic mass is 79.9. The highest BCUT2D eigenvalue weighted by Crippen LogP contribution is 2.33. The van der Waals surface area contributed by atoms with Gasteiger partial charge in [-0.25, -0.2) is 9.69 Å². The van der Waals surface area contributed by atoms with Crippen LogP contribution in [0.1, 0.15) is 49.6 Å². The van der Waals surface area contributed by atoms with Gasteiger partial charge in [-0.15, -0.1) is 0 Å². The number of cyclic esters (lactones) is 1. The Hall–Kier alpha value is -2.18. The lowest BCUT2D eigenvalue weighted by molar-refractivity contribution is -0.130. The van der Waals surface area contributed by atoms with Gasteiger partial charge >= 0.3 is 6.09 Å². The van der Waals surface area contributed by atoms with Crippen molar-refractivity contribution in [3.63, 3.8) is 0 Å². The second-order valence-corrected chi connectivity index (χ2v) is 8.92. The predicted octanol–water partition coefficient (Wildman–Crippen LogP) is 4.50. The van der Waals surface area contributed by atoms with E-state index in [0.717, 1.165) is 16.0 Å². The molecule has 0 bridgehead atoms. The van der Waals surface area contributed by atoms with Gasteiger partial charge in [0.25, 0.3) is 0 Å². The van der Waals surface area contributed by atoms with Gasteiger partial charge in [0.15, 0.2) is 0 Å². The Balaban J connectivity index is 1.79. The number of nitrogens with zero attached hydrogens (tertiary/aromatic N) is 1. The molecule has 2 aromatic rings. The molecule has 2 amide bonds. The molecule has 1 aliphatic heterocycles. The number of ether oxygens (including phenoxy) is 1. The zero-order valence-electron chi connectivity index (χ0n) is 16.1. The Morgan fingerprint density at radius 1 is 1.14 bits per heavy atom. The number of rotatable bonds is 4. The van der Waals surface area contributed by atoms with Crippen LogP contribution in [-0.2, 0) is 14.9 Å². The topological polar surface area (TPSA) is 66.8 Å². The molecule has 1 N–H and O–H groups in total. The van der Waals surface area contributed by atoms with E-state index < -0.39 is 29.0 Å². The van der Waals surface area contributed by atoms with E-state index in [1.807, 2.05) is 54.6 Å². The Morgan fingerprint density at radius 2 is 1.75 bits per heavy atom. The number of hydrogen-bond donors (Lipinski definition) is 1. The van der Waals surface area contributed by atoms with Crippen LogP contribution in [0.15, 0.2) is 54.6 Å². The number of imide groups is 1. The first-order valence-corrected chi connectivity index (χ1v) is 10.1. The molecule has 148 valence electrons. The van der Waals surface area contributed by atoms with Crippen molar-refractivity contribution in [1.29, 1.82) is 0 Å². The van der Waals surface area contributed by atoms with Crippen LogP contribution >= 0.6 is 15.9 Å². The molecule has 2 aromatic carbocycles. The number of hydrogen-bond acceptors (Lipinski definition) is 4. The predicted molar refractivity (Wildman–Crippen MR) is 110 cm³/mol. The van der Waals surface area contributed by atoms with E-state index in [4.69, 9.17) is 4.74 Å². The molecule has 3 atom stereocenters. The summed E-state index contributed by atoms with van der Waals surface area (Å²) in [5, 5.41) is 10.7. The third-order valence-corrected chi connectivity index (χ3v) is 5.82. The lowest BCUT2D eigenvalue weighted by Gasteiger charge is -2.25. The summed E-state index contributed by atoms with van der Waals surface area (Å²) in [6, 6.07) is 16.3. The molecular formula is C22H24BrNO4. The summed E-state index contributed by atoms with van der Waals surface area (Å²) in [6.45, 7) is 6.43. The van der Waals surface area contributed by atoms with E-state index in [2.05, 4.69) is 36.7 Å². The Labute approximate surface area is 173 Å². The standard InChI is InChI=1S/C22H24BrNO4/c1-22(2,3)16-11-9-15(10-12-16)19(25)18(23)20(26)24-17(13-28-21(24)27)14-7-5-4-6-8-14/h4-12,17-19,25H,13H2,1-3H3/t17-,18-,19+/m0/s1. The largest absolute Gasteiger partial charge is 0.446 e. The van der Waals surface area contributed by atoms with E-state index >= 15 is 0 Å². The fourth-order valence-corrected chi connectivity index (χ4v) is 3.73. The minimum Gasteiger partial charge on any atom is -0.446 e. The zero-order valence-corrected chi connectivity index (χ0v) is 17.7. The molecular weight excluding hydrogens is 422 g/mol. The Morgan fingerprint density at radius 3 is 2.32 bits per heavy atom. The van der Waals surface area contributed by atoms with Gasteiger partial charge in [0, 0.05) is 0 Å². The van der Waals surface area contributed by atoms with Crippen LogP contribution in [-0.4, -0.2) is 33.4 Å². The van der Waals surface area contributed by atoms with Gasteiger partial charge < -0.3 is 9.84 Å². The van der Waals surface area contributed by atoms with Gasteiger partial charge in [-0.05, 0) is 22.1 Å². The maximum Gasteiger partial charge on any atom is 0.417 e. The molecule has 0 radical (unpaired) electrons. The van der Waals surface area contributed by atoms with Crippen molar-refractivity contribution in [1.82, 2.24) is 4.90 Å². The van der Waals surface area contributed by atoms with Crippen molar-refractivity contribution in [3.05, 3.63) is 71.3 Å². The summed E-state index contributed by atoms with van der Waals surface area (Å²) in [5.41, 5.74) is 2.54. The summed E-state index contributed by atoms with van der Waals surface area (Å²) >= 11 is 3.29. The molecule has 1 saturated heterocycles. The van der Waals surface area contributed by atoms with Crippen LogP contribution in [0.3, 0.4) is 0 Å². The van der Waals surface area contributed by atoms with E-state index in [-0.39, 0.29) is 12.0 Å². The fourth-order valence-electron chi connectivity index (χ4n) is 3.20. The number of carbonyl (C=O) groups excluding carboxylic acids is 2. The monoisotopic (exact) mass is 445 g/mol. The quantitative estimate of drug-likeness (QED) is 0.703. The number of halogens is 1. The maximum absolute atomic E-state index is 13.0. The summed E-state index contributed by atoms with van der Waals surface area (Å²) in [6.07, 6.45) is -1.79. The number of benzene rings is 2. The molecule has 28 heavy (non-hydrogen) atoms. The highest BCUT2D eigenvalue weighted by Gasteiger charge is 2.43. The minimum atomic E-state index is -1.09. The van der Waals surface area contributed by atoms with Gasteiger partial charge in [-0.3, -0.25) is 4.79 Å². The molecule has 1 heterocycles. The third-order valence-electron chi connectivity index (χ3n) is 4.93. The number of aliphatic hydroxyl groups excluding tert-OH is 1. The van der Waals surface area contributed by atoms with Gasteiger partial charge in [-0.2, -0.15) is 0 Å². The smallest absolute Gasteiger partial charge is 0.417 e. The zero-order chi connectivity index (χ0) is 20.5. The lowest BCUT2D eigenvalue weighted by Crippen LogP contribution is -2.41. The van der Waals surface area contributed by atoms with Crippen LogP contribution in [0.5, 0.6) is 0 Å². The molecule has 1 aliphatic rings. The second kappa shape index (κ2) is 8.05. The molecule has 3 rings (SSSR count). The van der Waals surface area contributed by atoms with E-state index in [9.17, 15) is 14.7 Å². The van der Waals surface area contributed by atoms with Crippen molar-refractivity contribution in [2.45, 2.75) is 43.2 Å². The molecule has 6 heteroatoms. The van der Waals surface area contributed by atoms with E-state index in [1.165, 1.54) is 0 Å². The number of alkyl halides is 1. The first kappa shape index (κ1) is 20.6. The highest BCUT2D eigenvalue weighted by molar-refractivity contribution is 9.10. The van der Waals surface area contributed by atoms with Crippen LogP contribution in [0.4, 0.5) is 4.79 Å². The van der Waals surface area contributed by atoms with E-state index in [0.29, 0.717) is 5.56 Å². The van der Waals surface area contributed by atoms with E-state index in [1.54, 1.807) is 0 Å². The van der Waals surface area contributed by atoms with Crippen molar-refractivity contribution in [3.8, 4) is 0 Å².